The molecule has 2 nitrogen and oxygen atoms in total. The predicted molar refractivity (Wildman–Crippen MR) is 69.5 cm³/mol. The highest BCUT2D eigenvalue weighted by Gasteiger charge is 2.26. The Morgan fingerprint density at radius 3 is 2.69 bits per heavy atom. The van der Waals surface area contributed by atoms with Gasteiger partial charge in [-0.2, -0.15) is 0 Å². The van der Waals surface area contributed by atoms with E-state index in [4.69, 9.17) is 0 Å². The highest BCUT2D eigenvalue weighted by molar-refractivity contribution is 9.10. The lowest BCUT2D eigenvalue weighted by Gasteiger charge is -2.35. The second-order valence-corrected chi connectivity index (χ2v) is 5.78. The van der Waals surface area contributed by atoms with Crippen LogP contribution in [0.3, 0.4) is 0 Å². The summed E-state index contributed by atoms with van der Waals surface area (Å²) in [7, 11) is 0. The highest BCUT2D eigenvalue weighted by atomic mass is 79.9. The average Bonchev–Trinajstić information content (AvgIpc) is 2.15. The molecule has 2 N–H and O–H groups in total. The van der Waals surface area contributed by atoms with Crippen LogP contribution in [0.1, 0.15) is 38.3 Å². The first-order valence-electron chi connectivity index (χ1n) is 5.80. The molecule has 0 heterocycles. The van der Waals surface area contributed by atoms with Crippen LogP contribution in [0.4, 0.5) is 0 Å². The zero-order valence-electron chi connectivity index (χ0n) is 9.70. The van der Waals surface area contributed by atoms with E-state index in [0.29, 0.717) is 11.8 Å². The third-order valence-electron chi connectivity index (χ3n) is 3.32. The standard InChI is InChI=1S/C13H18BrNO/c1-8-5-11(6-8)15-9(2)12-4-3-10(14)7-13(12)16/h3-4,7-9,11,15-16H,5-6H2,1-2H3. The van der Waals surface area contributed by atoms with E-state index >= 15 is 0 Å². The van der Waals surface area contributed by atoms with Crippen LogP contribution in [0.5, 0.6) is 5.75 Å². The van der Waals surface area contributed by atoms with Gasteiger partial charge < -0.3 is 10.4 Å². The molecule has 1 aliphatic rings. The van der Waals surface area contributed by atoms with Crippen LogP contribution in [0.15, 0.2) is 22.7 Å². The van der Waals surface area contributed by atoms with Gasteiger partial charge in [0, 0.05) is 22.1 Å². The van der Waals surface area contributed by atoms with Gasteiger partial charge in [-0.3, -0.25) is 0 Å². The fraction of sp³-hybridized carbons (Fsp3) is 0.538. The molecular weight excluding hydrogens is 266 g/mol. The Morgan fingerprint density at radius 1 is 1.44 bits per heavy atom. The SMILES string of the molecule is CC1CC(NC(C)c2ccc(Br)cc2O)C1. The van der Waals surface area contributed by atoms with E-state index < -0.39 is 0 Å². The quantitative estimate of drug-likeness (QED) is 0.888. The van der Waals surface area contributed by atoms with Gasteiger partial charge in [-0.25, -0.2) is 0 Å². The summed E-state index contributed by atoms with van der Waals surface area (Å²) >= 11 is 3.35. The Labute approximate surface area is 105 Å². The molecule has 0 saturated heterocycles. The number of phenols is 1. The molecule has 1 aliphatic carbocycles. The molecule has 1 unspecified atom stereocenters. The molecule has 1 atom stereocenters. The molecule has 1 aromatic carbocycles. The zero-order chi connectivity index (χ0) is 11.7. The van der Waals surface area contributed by atoms with E-state index in [2.05, 4.69) is 35.1 Å². The van der Waals surface area contributed by atoms with Crippen molar-refractivity contribution in [2.24, 2.45) is 5.92 Å². The van der Waals surface area contributed by atoms with Crippen LogP contribution >= 0.6 is 15.9 Å². The largest absolute Gasteiger partial charge is 0.508 e. The molecule has 0 aliphatic heterocycles. The maximum absolute atomic E-state index is 9.85. The van der Waals surface area contributed by atoms with Crippen LogP contribution < -0.4 is 5.32 Å². The van der Waals surface area contributed by atoms with E-state index in [1.54, 1.807) is 6.07 Å². The van der Waals surface area contributed by atoms with Crippen LogP contribution in [-0.4, -0.2) is 11.1 Å². The molecule has 16 heavy (non-hydrogen) atoms. The summed E-state index contributed by atoms with van der Waals surface area (Å²) < 4.78 is 0.915. The highest BCUT2D eigenvalue weighted by Crippen LogP contribution is 2.31. The summed E-state index contributed by atoms with van der Waals surface area (Å²) in [6.07, 6.45) is 2.50. The molecule has 2 rings (SSSR count). The van der Waals surface area contributed by atoms with Crippen LogP contribution in [0.2, 0.25) is 0 Å². The van der Waals surface area contributed by atoms with Gasteiger partial charge in [-0.15, -0.1) is 0 Å². The maximum Gasteiger partial charge on any atom is 0.121 e. The van der Waals surface area contributed by atoms with Crippen LogP contribution in [-0.2, 0) is 0 Å². The van der Waals surface area contributed by atoms with E-state index in [0.717, 1.165) is 16.0 Å². The maximum atomic E-state index is 9.85. The third-order valence-corrected chi connectivity index (χ3v) is 3.81. The number of halogens is 1. The monoisotopic (exact) mass is 283 g/mol. The van der Waals surface area contributed by atoms with Gasteiger partial charge in [0.05, 0.1) is 0 Å². The van der Waals surface area contributed by atoms with Crippen molar-refractivity contribution in [1.82, 2.24) is 5.32 Å². The van der Waals surface area contributed by atoms with E-state index in [-0.39, 0.29) is 6.04 Å². The molecule has 1 fully saturated rings. The molecule has 1 aromatic rings. The Balaban J connectivity index is 2.00. The lowest BCUT2D eigenvalue weighted by Crippen LogP contribution is -2.41. The molecule has 3 heteroatoms. The van der Waals surface area contributed by atoms with Gasteiger partial charge >= 0.3 is 0 Å². The Hall–Kier alpha value is -0.540. The van der Waals surface area contributed by atoms with Crippen molar-refractivity contribution in [2.75, 3.05) is 0 Å². The molecule has 0 bridgehead atoms. The number of aromatic hydroxyl groups is 1. The average molecular weight is 284 g/mol. The first-order chi connectivity index (χ1) is 7.56. The van der Waals surface area contributed by atoms with Crippen molar-refractivity contribution < 1.29 is 5.11 Å². The van der Waals surface area contributed by atoms with Crippen molar-refractivity contribution in [1.29, 1.82) is 0 Å². The zero-order valence-corrected chi connectivity index (χ0v) is 11.3. The first kappa shape index (κ1) is 11.9. The summed E-state index contributed by atoms with van der Waals surface area (Å²) in [5.41, 5.74) is 0.975. The van der Waals surface area contributed by atoms with E-state index in [1.807, 2.05) is 12.1 Å². The molecule has 0 radical (unpaired) electrons. The lowest BCUT2D eigenvalue weighted by atomic mass is 9.81. The minimum atomic E-state index is 0.214. The fourth-order valence-corrected chi connectivity index (χ4v) is 2.71. The smallest absolute Gasteiger partial charge is 0.121 e. The molecule has 88 valence electrons. The van der Waals surface area contributed by atoms with Gasteiger partial charge in [0.2, 0.25) is 0 Å². The Morgan fingerprint density at radius 2 is 2.12 bits per heavy atom. The van der Waals surface area contributed by atoms with E-state index in [1.165, 1.54) is 12.8 Å². The van der Waals surface area contributed by atoms with Crippen LogP contribution in [0.25, 0.3) is 0 Å². The van der Waals surface area contributed by atoms with Gasteiger partial charge in [0.15, 0.2) is 0 Å². The summed E-state index contributed by atoms with van der Waals surface area (Å²) in [6, 6.07) is 6.52. The minimum absolute atomic E-state index is 0.214. The van der Waals surface area contributed by atoms with Gasteiger partial charge in [-0.05, 0) is 37.8 Å². The van der Waals surface area contributed by atoms with Crippen molar-refractivity contribution in [3.05, 3.63) is 28.2 Å². The summed E-state index contributed by atoms with van der Waals surface area (Å²) in [6.45, 7) is 4.38. The summed E-state index contributed by atoms with van der Waals surface area (Å²) in [5, 5.41) is 13.4. The predicted octanol–water partition coefficient (Wildman–Crippen LogP) is 3.60. The molecule has 0 aromatic heterocycles. The van der Waals surface area contributed by atoms with Gasteiger partial charge in [0.25, 0.3) is 0 Å². The molecule has 1 saturated carbocycles. The van der Waals surface area contributed by atoms with Crippen molar-refractivity contribution in [2.45, 2.75) is 38.8 Å². The minimum Gasteiger partial charge on any atom is -0.508 e. The van der Waals surface area contributed by atoms with Crippen molar-refractivity contribution in [3.8, 4) is 5.75 Å². The third kappa shape index (κ3) is 2.58. The summed E-state index contributed by atoms with van der Waals surface area (Å²) in [4.78, 5) is 0. The topological polar surface area (TPSA) is 32.3 Å². The van der Waals surface area contributed by atoms with E-state index in [9.17, 15) is 5.11 Å². The number of benzene rings is 1. The number of phenolic OH excluding ortho intramolecular Hbond substituents is 1. The van der Waals surface area contributed by atoms with Crippen LogP contribution in [0, 0.1) is 5.92 Å². The van der Waals surface area contributed by atoms with Gasteiger partial charge in [0.1, 0.15) is 5.75 Å². The molecular formula is C13H18BrNO. The number of nitrogens with one attached hydrogen (secondary N) is 1. The normalized spacial score (nSPS) is 26.2. The number of hydrogen-bond donors (Lipinski definition) is 2. The molecule has 0 spiro atoms. The Kier molecular flexibility index (Phi) is 3.55. The second-order valence-electron chi connectivity index (χ2n) is 4.86. The lowest BCUT2D eigenvalue weighted by molar-refractivity contribution is 0.225. The second kappa shape index (κ2) is 4.76. The summed E-state index contributed by atoms with van der Waals surface area (Å²) in [5.74, 6) is 1.21. The van der Waals surface area contributed by atoms with Crippen molar-refractivity contribution >= 4 is 15.9 Å². The Bertz CT molecular complexity index is 374. The first-order valence-corrected chi connectivity index (χ1v) is 6.60. The fourth-order valence-electron chi connectivity index (χ4n) is 2.36. The number of hydrogen-bond acceptors (Lipinski definition) is 2. The molecule has 0 amide bonds. The number of rotatable bonds is 3. The van der Waals surface area contributed by atoms with Gasteiger partial charge in [-0.1, -0.05) is 28.9 Å². The van der Waals surface area contributed by atoms with Crippen molar-refractivity contribution in [3.63, 3.8) is 0 Å².